The fourth-order valence-electron chi connectivity index (χ4n) is 2.47. The van der Waals surface area contributed by atoms with Crippen molar-refractivity contribution in [3.05, 3.63) is 34.4 Å². The van der Waals surface area contributed by atoms with Crippen molar-refractivity contribution in [1.82, 2.24) is 0 Å². The molecule has 1 heteroatoms. The predicted octanol–water partition coefficient (Wildman–Crippen LogP) is 4.18. The quantitative estimate of drug-likeness (QED) is 0.814. The molecule has 0 amide bonds. The third-order valence-corrected chi connectivity index (χ3v) is 3.70. The minimum atomic E-state index is -0.218. The van der Waals surface area contributed by atoms with Crippen LogP contribution in [0.4, 0.5) is 0 Å². The Hall–Kier alpha value is -0.820. The van der Waals surface area contributed by atoms with Crippen LogP contribution < -0.4 is 5.73 Å². The summed E-state index contributed by atoms with van der Waals surface area (Å²) in [7, 11) is 0. The van der Waals surface area contributed by atoms with Gasteiger partial charge in [-0.25, -0.2) is 0 Å². The first-order valence-corrected chi connectivity index (χ1v) is 6.50. The summed E-state index contributed by atoms with van der Waals surface area (Å²) in [6.07, 6.45) is 0.962. The van der Waals surface area contributed by atoms with Crippen molar-refractivity contribution in [2.45, 2.75) is 65.8 Å². The molecule has 1 rings (SSSR count). The van der Waals surface area contributed by atoms with Gasteiger partial charge in [0.1, 0.15) is 0 Å². The van der Waals surface area contributed by atoms with Gasteiger partial charge in [-0.2, -0.15) is 0 Å². The Morgan fingerprint density at radius 2 is 1.41 bits per heavy atom. The lowest BCUT2D eigenvalue weighted by Gasteiger charge is -2.30. The summed E-state index contributed by atoms with van der Waals surface area (Å²) >= 11 is 0. The van der Waals surface area contributed by atoms with Crippen LogP contribution in [0.5, 0.6) is 0 Å². The van der Waals surface area contributed by atoms with E-state index in [9.17, 15) is 0 Å². The van der Waals surface area contributed by atoms with Crippen molar-refractivity contribution in [3.63, 3.8) is 0 Å². The van der Waals surface area contributed by atoms with Crippen LogP contribution in [0.1, 0.15) is 63.3 Å². The molecule has 1 aromatic carbocycles. The maximum Gasteiger partial charge on any atom is 0.0383 e. The highest BCUT2D eigenvalue weighted by atomic mass is 14.7. The Balaban J connectivity index is 3.40. The molecule has 0 radical (unpaired) electrons. The smallest absolute Gasteiger partial charge is 0.0383 e. The van der Waals surface area contributed by atoms with Crippen molar-refractivity contribution in [3.8, 4) is 0 Å². The molecule has 0 aromatic heterocycles. The molecule has 1 nitrogen and oxygen atoms in total. The summed E-state index contributed by atoms with van der Waals surface area (Å²) in [6, 6.07) is 4.59. The highest BCUT2D eigenvalue weighted by Crippen LogP contribution is 2.32. The van der Waals surface area contributed by atoms with Crippen molar-refractivity contribution in [2.75, 3.05) is 0 Å². The molecule has 0 heterocycles. The minimum absolute atomic E-state index is 0.200. The molecule has 17 heavy (non-hydrogen) atoms. The summed E-state index contributed by atoms with van der Waals surface area (Å²) in [5.41, 5.74) is 11.7. The molecule has 0 fully saturated rings. The number of nitrogens with two attached hydrogens (primary N) is 1. The molecule has 0 aliphatic rings. The summed E-state index contributed by atoms with van der Waals surface area (Å²) < 4.78 is 0. The predicted molar refractivity (Wildman–Crippen MR) is 76.4 cm³/mol. The van der Waals surface area contributed by atoms with E-state index < -0.39 is 0 Å². The van der Waals surface area contributed by atoms with Gasteiger partial charge >= 0.3 is 0 Å². The Morgan fingerprint density at radius 1 is 1.00 bits per heavy atom. The largest absolute Gasteiger partial charge is 0.322 e. The highest BCUT2D eigenvalue weighted by Gasteiger charge is 2.25. The number of rotatable bonds is 2. The fourth-order valence-corrected chi connectivity index (χ4v) is 2.47. The molecule has 0 aliphatic carbocycles. The molecule has 1 unspecified atom stereocenters. The van der Waals surface area contributed by atoms with E-state index in [1.807, 2.05) is 0 Å². The monoisotopic (exact) mass is 233 g/mol. The van der Waals surface area contributed by atoms with E-state index in [1.54, 1.807) is 0 Å². The maximum atomic E-state index is 6.40. The van der Waals surface area contributed by atoms with Crippen LogP contribution in [0.2, 0.25) is 0 Å². The number of hydrogen-bond acceptors (Lipinski definition) is 1. The first-order chi connectivity index (χ1) is 7.59. The molecule has 1 atom stereocenters. The second-order valence-electron chi connectivity index (χ2n) is 6.51. The van der Waals surface area contributed by atoms with Crippen LogP contribution in [-0.4, -0.2) is 0 Å². The van der Waals surface area contributed by atoms with Crippen LogP contribution in [-0.2, 0) is 11.0 Å². The third kappa shape index (κ3) is 2.90. The molecule has 0 aliphatic heterocycles. The fraction of sp³-hybridized carbons (Fsp3) is 0.625. The summed E-state index contributed by atoms with van der Waals surface area (Å²) in [4.78, 5) is 0. The lowest BCUT2D eigenvalue weighted by Crippen LogP contribution is -2.34. The van der Waals surface area contributed by atoms with E-state index in [0.29, 0.717) is 0 Å². The topological polar surface area (TPSA) is 26.0 Å². The molecule has 0 saturated carbocycles. The highest BCUT2D eigenvalue weighted by molar-refractivity contribution is 5.44. The van der Waals surface area contributed by atoms with Gasteiger partial charge in [-0.1, -0.05) is 39.8 Å². The van der Waals surface area contributed by atoms with Gasteiger partial charge in [-0.3, -0.25) is 0 Å². The lowest BCUT2D eigenvalue weighted by atomic mass is 9.79. The van der Waals surface area contributed by atoms with Crippen molar-refractivity contribution >= 4 is 0 Å². The van der Waals surface area contributed by atoms with Crippen molar-refractivity contribution in [1.29, 1.82) is 0 Å². The average Bonchev–Trinajstić information content (AvgIpc) is 2.14. The zero-order valence-corrected chi connectivity index (χ0v) is 12.4. The second-order valence-corrected chi connectivity index (χ2v) is 6.51. The molecule has 2 N–H and O–H groups in total. The first kappa shape index (κ1) is 14.2. The van der Waals surface area contributed by atoms with E-state index in [1.165, 1.54) is 22.3 Å². The van der Waals surface area contributed by atoms with E-state index in [0.717, 1.165) is 6.42 Å². The molecule has 0 bridgehead atoms. The van der Waals surface area contributed by atoms with E-state index in [2.05, 4.69) is 60.6 Å². The average molecular weight is 233 g/mol. The first-order valence-electron chi connectivity index (χ1n) is 6.50. The van der Waals surface area contributed by atoms with E-state index in [-0.39, 0.29) is 11.0 Å². The molecule has 0 saturated heterocycles. The van der Waals surface area contributed by atoms with Crippen LogP contribution in [0.3, 0.4) is 0 Å². The summed E-state index contributed by atoms with van der Waals surface area (Å²) in [6.45, 7) is 15.4. The summed E-state index contributed by atoms with van der Waals surface area (Å²) in [5.74, 6) is 0. The van der Waals surface area contributed by atoms with E-state index in [4.69, 9.17) is 5.73 Å². The maximum absolute atomic E-state index is 6.40. The Kier molecular flexibility index (Phi) is 3.73. The third-order valence-electron chi connectivity index (χ3n) is 3.70. The van der Waals surface area contributed by atoms with Crippen LogP contribution in [0.15, 0.2) is 12.1 Å². The van der Waals surface area contributed by atoms with Gasteiger partial charge in [0.2, 0.25) is 0 Å². The standard InChI is InChI=1S/C16H27N/c1-8-16(7,17)14-11(2)9-13(10-12(14)3)15(4,5)6/h9-10H,8,17H2,1-7H3. The van der Waals surface area contributed by atoms with Gasteiger partial charge in [-0.05, 0) is 54.9 Å². The van der Waals surface area contributed by atoms with Gasteiger partial charge < -0.3 is 5.73 Å². The normalized spacial score (nSPS) is 15.8. The second kappa shape index (κ2) is 4.45. The Morgan fingerprint density at radius 3 is 1.71 bits per heavy atom. The van der Waals surface area contributed by atoms with Crippen molar-refractivity contribution < 1.29 is 0 Å². The Labute approximate surface area is 106 Å². The molecule has 0 spiro atoms. The lowest BCUT2D eigenvalue weighted by molar-refractivity contribution is 0.470. The van der Waals surface area contributed by atoms with E-state index >= 15 is 0 Å². The van der Waals surface area contributed by atoms with Crippen LogP contribution in [0, 0.1) is 13.8 Å². The van der Waals surface area contributed by atoms with Gasteiger partial charge in [0.25, 0.3) is 0 Å². The number of benzene rings is 1. The van der Waals surface area contributed by atoms with Gasteiger partial charge in [0, 0.05) is 5.54 Å². The molecule has 1 aromatic rings. The van der Waals surface area contributed by atoms with Gasteiger partial charge in [0.15, 0.2) is 0 Å². The number of hydrogen-bond donors (Lipinski definition) is 1. The number of aryl methyl sites for hydroxylation is 2. The summed E-state index contributed by atoms with van der Waals surface area (Å²) in [5, 5.41) is 0. The molecular formula is C16H27N. The minimum Gasteiger partial charge on any atom is -0.322 e. The molecule has 96 valence electrons. The Bertz CT molecular complexity index is 385. The van der Waals surface area contributed by atoms with Gasteiger partial charge in [0.05, 0.1) is 0 Å². The van der Waals surface area contributed by atoms with Gasteiger partial charge in [-0.15, -0.1) is 0 Å². The van der Waals surface area contributed by atoms with Crippen molar-refractivity contribution in [2.24, 2.45) is 5.73 Å². The zero-order chi connectivity index (χ0) is 13.4. The van der Waals surface area contributed by atoms with Crippen LogP contribution >= 0.6 is 0 Å². The van der Waals surface area contributed by atoms with Crippen LogP contribution in [0.25, 0.3) is 0 Å². The molecular weight excluding hydrogens is 206 g/mol. The zero-order valence-electron chi connectivity index (χ0n) is 12.4. The SMILES string of the molecule is CCC(C)(N)c1c(C)cc(C(C)(C)C)cc1C.